The Balaban J connectivity index is 3.03. The first-order valence-electron chi connectivity index (χ1n) is 4.31. The number of benzene rings is 1. The lowest BCUT2D eigenvalue weighted by molar-refractivity contribution is -0.236. The summed E-state index contributed by atoms with van der Waals surface area (Å²) in [5.41, 5.74) is 0. The Morgan fingerprint density at radius 2 is 1.75 bits per heavy atom. The lowest BCUT2D eigenvalue weighted by Gasteiger charge is -2.27. The molecule has 1 rings (SSSR count). The molecular formula is C10H9F3O3. The fraction of sp³-hybridized carbons (Fsp3) is 0.300. The number of aliphatic carboxylic acids is 1. The second-order valence-electron chi connectivity index (χ2n) is 3.20. The summed E-state index contributed by atoms with van der Waals surface area (Å²) < 4.78 is 43.4. The van der Waals surface area contributed by atoms with E-state index in [0.29, 0.717) is 0 Å². The van der Waals surface area contributed by atoms with E-state index in [1.165, 1.54) is 24.3 Å². The number of carbonyl (C=O) groups is 1. The molecule has 0 saturated heterocycles. The molecule has 0 radical (unpaired) electrons. The Labute approximate surface area is 89.5 Å². The van der Waals surface area contributed by atoms with Gasteiger partial charge in [0.05, 0.1) is 0 Å². The van der Waals surface area contributed by atoms with Gasteiger partial charge in [0.15, 0.2) is 0 Å². The predicted molar refractivity (Wildman–Crippen MR) is 49.2 cm³/mol. The van der Waals surface area contributed by atoms with Crippen LogP contribution in [-0.4, -0.2) is 22.9 Å². The molecule has 3 nitrogen and oxygen atoms in total. The van der Waals surface area contributed by atoms with Gasteiger partial charge in [0.25, 0.3) is 0 Å². The van der Waals surface area contributed by atoms with Crippen molar-refractivity contribution in [2.75, 3.05) is 0 Å². The van der Waals surface area contributed by atoms with Crippen LogP contribution in [-0.2, 0) is 4.79 Å². The van der Waals surface area contributed by atoms with E-state index in [2.05, 4.69) is 4.74 Å². The lowest BCUT2D eigenvalue weighted by Crippen LogP contribution is -2.53. The maximum absolute atomic E-state index is 13.5. The van der Waals surface area contributed by atoms with Crippen molar-refractivity contribution in [3.63, 3.8) is 0 Å². The maximum Gasteiger partial charge on any atom is 0.408 e. The smallest absolute Gasteiger partial charge is 0.408 e. The van der Waals surface area contributed by atoms with Gasteiger partial charge in [-0.25, -0.2) is 4.79 Å². The largest absolute Gasteiger partial charge is 0.476 e. The SMILES string of the molecule is CC(F)(F)C(F)(Oc1ccccc1)C(=O)O. The summed E-state index contributed by atoms with van der Waals surface area (Å²) in [5.74, 6) is -10.9. The van der Waals surface area contributed by atoms with E-state index in [9.17, 15) is 18.0 Å². The summed E-state index contributed by atoms with van der Waals surface area (Å²) in [6.45, 7) is 0.143. The van der Waals surface area contributed by atoms with Crippen LogP contribution in [0.3, 0.4) is 0 Å². The summed E-state index contributed by atoms with van der Waals surface area (Å²) in [4.78, 5) is 10.5. The molecule has 0 aromatic heterocycles. The Morgan fingerprint density at radius 1 is 1.25 bits per heavy atom. The zero-order chi connectivity index (χ0) is 12.4. The van der Waals surface area contributed by atoms with E-state index in [0.717, 1.165) is 0 Å². The molecule has 0 aliphatic heterocycles. The van der Waals surface area contributed by atoms with Crippen molar-refractivity contribution in [3.05, 3.63) is 30.3 Å². The molecule has 1 aromatic rings. The molecule has 0 saturated carbocycles. The van der Waals surface area contributed by atoms with Crippen LogP contribution >= 0.6 is 0 Å². The minimum Gasteiger partial charge on any atom is -0.476 e. The van der Waals surface area contributed by atoms with Crippen molar-refractivity contribution in [3.8, 4) is 5.75 Å². The number of rotatable bonds is 4. The third-order valence-electron chi connectivity index (χ3n) is 1.84. The second kappa shape index (κ2) is 4.03. The number of carboxylic acids is 1. The van der Waals surface area contributed by atoms with E-state index in [4.69, 9.17) is 5.11 Å². The molecule has 1 atom stereocenters. The summed E-state index contributed by atoms with van der Waals surface area (Å²) >= 11 is 0. The summed E-state index contributed by atoms with van der Waals surface area (Å²) in [7, 11) is 0. The molecule has 0 bridgehead atoms. The van der Waals surface area contributed by atoms with Crippen molar-refractivity contribution < 1.29 is 27.8 Å². The average Bonchev–Trinajstić information content (AvgIpc) is 2.17. The Morgan fingerprint density at radius 3 is 2.12 bits per heavy atom. The van der Waals surface area contributed by atoms with Crippen LogP contribution in [0, 0.1) is 0 Å². The number of hydrogen-bond acceptors (Lipinski definition) is 2. The van der Waals surface area contributed by atoms with Crippen LogP contribution in [0.1, 0.15) is 6.92 Å². The summed E-state index contributed by atoms with van der Waals surface area (Å²) in [6.07, 6.45) is 0. The van der Waals surface area contributed by atoms with E-state index < -0.39 is 17.7 Å². The molecule has 0 aliphatic carbocycles. The van der Waals surface area contributed by atoms with Gasteiger partial charge >= 0.3 is 17.7 Å². The molecule has 1 N–H and O–H groups in total. The number of ether oxygens (including phenoxy) is 1. The normalized spacial score (nSPS) is 15.2. The first kappa shape index (κ1) is 12.4. The predicted octanol–water partition coefficient (Wildman–Crippen LogP) is 2.47. The first-order valence-corrected chi connectivity index (χ1v) is 4.31. The standard InChI is InChI=1S/C10H9F3O3/c1-9(11,12)10(13,8(14)15)16-7-5-3-2-4-6-7/h2-6H,1H3,(H,14,15). The summed E-state index contributed by atoms with van der Waals surface area (Å²) in [5, 5.41) is 8.45. The van der Waals surface area contributed by atoms with Gasteiger partial charge in [-0.1, -0.05) is 18.2 Å². The minimum absolute atomic E-state index is 0.143. The van der Waals surface area contributed by atoms with Gasteiger partial charge in [0, 0.05) is 6.92 Å². The highest BCUT2D eigenvalue weighted by atomic mass is 19.3. The molecular weight excluding hydrogens is 225 g/mol. The molecule has 1 unspecified atom stereocenters. The molecule has 88 valence electrons. The number of alkyl halides is 3. The Hall–Kier alpha value is -1.72. The Bertz CT molecular complexity index is 375. The zero-order valence-corrected chi connectivity index (χ0v) is 8.28. The van der Waals surface area contributed by atoms with Crippen molar-refractivity contribution in [2.24, 2.45) is 0 Å². The minimum atomic E-state index is -4.16. The van der Waals surface area contributed by atoms with Crippen LogP contribution < -0.4 is 4.74 Å². The van der Waals surface area contributed by atoms with Crippen LogP contribution in [0.2, 0.25) is 0 Å². The van der Waals surface area contributed by atoms with Gasteiger partial charge in [-0.3, -0.25) is 0 Å². The number of halogens is 3. The van der Waals surface area contributed by atoms with Gasteiger partial charge in [-0.15, -0.1) is 0 Å². The van der Waals surface area contributed by atoms with Gasteiger partial charge < -0.3 is 9.84 Å². The first-order chi connectivity index (χ1) is 7.27. The van der Waals surface area contributed by atoms with Gasteiger partial charge in [-0.05, 0) is 12.1 Å². The molecule has 0 aliphatic rings. The quantitative estimate of drug-likeness (QED) is 0.870. The monoisotopic (exact) mass is 234 g/mol. The zero-order valence-electron chi connectivity index (χ0n) is 8.28. The van der Waals surface area contributed by atoms with Gasteiger partial charge in [-0.2, -0.15) is 13.2 Å². The maximum atomic E-state index is 13.5. The fourth-order valence-electron chi connectivity index (χ4n) is 0.972. The third-order valence-corrected chi connectivity index (χ3v) is 1.84. The molecule has 0 fully saturated rings. The van der Waals surface area contributed by atoms with E-state index in [-0.39, 0.29) is 12.7 Å². The average molecular weight is 234 g/mol. The van der Waals surface area contributed by atoms with Crippen molar-refractivity contribution >= 4 is 5.97 Å². The third kappa shape index (κ3) is 2.26. The number of carboxylic acid groups (broad SMARTS) is 1. The molecule has 0 heterocycles. The molecule has 0 amide bonds. The molecule has 6 heteroatoms. The van der Waals surface area contributed by atoms with Crippen LogP contribution in [0.5, 0.6) is 5.75 Å². The fourth-order valence-corrected chi connectivity index (χ4v) is 0.972. The topological polar surface area (TPSA) is 46.5 Å². The molecule has 16 heavy (non-hydrogen) atoms. The Kier molecular flexibility index (Phi) is 3.11. The molecule has 1 aromatic carbocycles. The highest BCUT2D eigenvalue weighted by molar-refractivity contribution is 5.77. The van der Waals surface area contributed by atoms with E-state index in [1.54, 1.807) is 6.07 Å². The van der Waals surface area contributed by atoms with Gasteiger partial charge in [0.2, 0.25) is 0 Å². The lowest BCUT2D eigenvalue weighted by atomic mass is 10.2. The van der Waals surface area contributed by atoms with Crippen molar-refractivity contribution in [1.29, 1.82) is 0 Å². The molecule has 0 spiro atoms. The highest BCUT2D eigenvalue weighted by Crippen LogP contribution is 2.34. The number of hydrogen-bond donors (Lipinski definition) is 1. The number of para-hydroxylation sites is 1. The summed E-state index contributed by atoms with van der Waals surface area (Å²) in [6, 6.07) is 6.74. The van der Waals surface area contributed by atoms with Crippen molar-refractivity contribution in [2.45, 2.75) is 18.7 Å². The highest BCUT2D eigenvalue weighted by Gasteiger charge is 2.61. The van der Waals surface area contributed by atoms with Crippen molar-refractivity contribution in [1.82, 2.24) is 0 Å². The van der Waals surface area contributed by atoms with Gasteiger partial charge in [0.1, 0.15) is 5.75 Å². The second-order valence-corrected chi connectivity index (χ2v) is 3.20. The van der Waals surface area contributed by atoms with Crippen LogP contribution in [0.15, 0.2) is 30.3 Å². The van der Waals surface area contributed by atoms with E-state index in [1.807, 2.05) is 0 Å². The van der Waals surface area contributed by atoms with E-state index >= 15 is 0 Å². The van der Waals surface area contributed by atoms with Crippen LogP contribution in [0.25, 0.3) is 0 Å². The van der Waals surface area contributed by atoms with Crippen LogP contribution in [0.4, 0.5) is 13.2 Å².